The van der Waals surface area contributed by atoms with E-state index in [0.717, 1.165) is 25.8 Å². The maximum absolute atomic E-state index is 12.2. The lowest BCUT2D eigenvalue weighted by Crippen LogP contribution is -2.47. The molecule has 1 amide bonds. The van der Waals surface area contributed by atoms with Crippen molar-refractivity contribution in [2.75, 3.05) is 13.1 Å². The molecule has 6 heteroatoms. The number of amides is 1. The molecular weight excluding hydrogens is 279 g/mol. The Morgan fingerprint density at radius 3 is 2.94 bits per heavy atom. The van der Waals surface area contributed by atoms with E-state index in [1.165, 1.54) is 11.3 Å². The Balaban J connectivity index is 0.00000144. The van der Waals surface area contributed by atoms with E-state index < -0.39 is 0 Å². The molecule has 2 N–H and O–H groups in total. The van der Waals surface area contributed by atoms with Gasteiger partial charge in [0.25, 0.3) is 5.91 Å². The number of rotatable bonds is 2. The van der Waals surface area contributed by atoms with Gasteiger partial charge in [-0.05, 0) is 30.7 Å². The second kappa shape index (κ2) is 6.59. The van der Waals surface area contributed by atoms with Crippen molar-refractivity contribution in [1.29, 1.82) is 0 Å². The normalized spacial score (nSPS) is 19.9. The van der Waals surface area contributed by atoms with Gasteiger partial charge in [-0.15, -0.1) is 23.7 Å². The molecule has 0 bridgehead atoms. The predicted molar refractivity (Wildman–Crippen MR) is 74.3 cm³/mol. The summed E-state index contributed by atoms with van der Waals surface area (Å²) in [5.41, 5.74) is 5.70. The molecule has 1 aliphatic heterocycles. The molecule has 0 aliphatic carbocycles. The Morgan fingerprint density at radius 2 is 2.35 bits per heavy atom. The molecule has 0 radical (unpaired) electrons. The molecule has 2 rings (SSSR count). The molecule has 1 aromatic rings. The summed E-state index contributed by atoms with van der Waals surface area (Å²) in [7, 11) is 0. The molecule has 1 fully saturated rings. The molecule has 96 valence electrons. The van der Waals surface area contributed by atoms with Gasteiger partial charge in [-0.3, -0.25) is 4.79 Å². The number of hydrogen-bond donors (Lipinski definition) is 1. The van der Waals surface area contributed by atoms with Gasteiger partial charge in [0, 0.05) is 19.1 Å². The van der Waals surface area contributed by atoms with Gasteiger partial charge < -0.3 is 10.6 Å². The average Bonchev–Trinajstić information content (AvgIpc) is 2.74. The summed E-state index contributed by atoms with van der Waals surface area (Å²) in [5, 5.41) is 2.40. The molecule has 1 unspecified atom stereocenters. The third-order valence-electron chi connectivity index (χ3n) is 2.97. The Labute approximate surface area is 116 Å². The molecule has 17 heavy (non-hydrogen) atoms. The fourth-order valence-corrected chi connectivity index (χ4v) is 3.18. The smallest absolute Gasteiger partial charge is 0.265 e. The summed E-state index contributed by atoms with van der Waals surface area (Å²) in [6.45, 7) is 1.34. The quantitative estimate of drug-likeness (QED) is 0.912. The second-order valence-electron chi connectivity index (χ2n) is 3.98. The van der Waals surface area contributed by atoms with Crippen LogP contribution in [-0.2, 0) is 0 Å². The van der Waals surface area contributed by atoms with Gasteiger partial charge in [0.15, 0.2) is 0 Å². The number of carbonyl (C=O) groups is 1. The summed E-state index contributed by atoms with van der Waals surface area (Å²) >= 11 is 7.38. The number of hydrogen-bond acceptors (Lipinski definition) is 3. The van der Waals surface area contributed by atoms with Crippen LogP contribution < -0.4 is 5.73 Å². The Kier molecular flexibility index (Phi) is 5.73. The zero-order valence-corrected chi connectivity index (χ0v) is 11.8. The van der Waals surface area contributed by atoms with Crippen LogP contribution in [0.15, 0.2) is 11.4 Å². The van der Waals surface area contributed by atoms with Crippen molar-refractivity contribution < 1.29 is 4.79 Å². The first-order valence-corrected chi connectivity index (χ1v) is 6.74. The third kappa shape index (κ3) is 3.13. The number of nitrogens with two attached hydrogens (primary N) is 1. The van der Waals surface area contributed by atoms with Gasteiger partial charge in [-0.1, -0.05) is 11.6 Å². The van der Waals surface area contributed by atoms with E-state index in [1.54, 1.807) is 6.07 Å². The Hall–Kier alpha value is -0.290. The number of nitrogens with zero attached hydrogens (tertiary/aromatic N) is 1. The van der Waals surface area contributed by atoms with E-state index in [4.69, 9.17) is 17.3 Å². The van der Waals surface area contributed by atoms with Crippen molar-refractivity contribution in [2.45, 2.75) is 25.3 Å². The lowest BCUT2D eigenvalue weighted by atomic mass is 10.0. The van der Waals surface area contributed by atoms with Crippen LogP contribution in [0.2, 0.25) is 5.02 Å². The highest BCUT2D eigenvalue weighted by Crippen LogP contribution is 2.26. The van der Waals surface area contributed by atoms with Crippen LogP contribution in [0.25, 0.3) is 0 Å². The zero-order valence-electron chi connectivity index (χ0n) is 9.39. The zero-order chi connectivity index (χ0) is 11.5. The SMILES string of the molecule is Cl.NCC1CCCCN1C(=O)c1sccc1Cl. The maximum Gasteiger partial charge on any atom is 0.265 e. The van der Waals surface area contributed by atoms with Gasteiger partial charge in [-0.2, -0.15) is 0 Å². The van der Waals surface area contributed by atoms with E-state index in [0.29, 0.717) is 16.4 Å². The fourth-order valence-electron chi connectivity index (χ4n) is 2.09. The van der Waals surface area contributed by atoms with Crippen molar-refractivity contribution in [2.24, 2.45) is 5.73 Å². The molecule has 1 atom stereocenters. The number of carbonyl (C=O) groups excluding carboxylic acids is 1. The number of thiophene rings is 1. The molecule has 1 saturated heterocycles. The predicted octanol–water partition coefficient (Wildman–Crippen LogP) is 2.78. The second-order valence-corrected chi connectivity index (χ2v) is 5.30. The van der Waals surface area contributed by atoms with Crippen LogP contribution in [0, 0.1) is 0 Å². The molecule has 0 spiro atoms. The summed E-state index contributed by atoms with van der Waals surface area (Å²) in [4.78, 5) is 14.8. The van der Waals surface area contributed by atoms with Crippen molar-refractivity contribution in [1.82, 2.24) is 4.90 Å². The summed E-state index contributed by atoms with van der Waals surface area (Å²) in [6, 6.07) is 1.94. The number of likely N-dealkylation sites (tertiary alicyclic amines) is 1. The van der Waals surface area contributed by atoms with E-state index in [1.807, 2.05) is 10.3 Å². The third-order valence-corrected chi connectivity index (χ3v) is 4.30. The Bertz CT molecular complexity index is 383. The first-order chi connectivity index (χ1) is 7.74. The van der Waals surface area contributed by atoms with Gasteiger partial charge in [0.1, 0.15) is 4.88 Å². The van der Waals surface area contributed by atoms with Crippen molar-refractivity contribution in [3.63, 3.8) is 0 Å². The first kappa shape index (κ1) is 14.8. The van der Waals surface area contributed by atoms with Crippen molar-refractivity contribution in [3.05, 3.63) is 21.3 Å². The highest BCUT2D eigenvalue weighted by atomic mass is 35.5. The highest BCUT2D eigenvalue weighted by molar-refractivity contribution is 7.12. The van der Waals surface area contributed by atoms with Crippen LogP contribution in [0.3, 0.4) is 0 Å². The van der Waals surface area contributed by atoms with E-state index in [2.05, 4.69) is 0 Å². The summed E-state index contributed by atoms with van der Waals surface area (Å²) in [6.07, 6.45) is 3.22. The molecule has 0 aromatic carbocycles. The average molecular weight is 295 g/mol. The van der Waals surface area contributed by atoms with Gasteiger partial charge in [0.2, 0.25) is 0 Å². The lowest BCUT2D eigenvalue weighted by Gasteiger charge is -2.34. The van der Waals surface area contributed by atoms with Crippen LogP contribution in [0.4, 0.5) is 0 Å². The minimum Gasteiger partial charge on any atom is -0.334 e. The molecule has 3 nitrogen and oxygen atoms in total. The van der Waals surface area contributed by atoms with Crippen LogP contribution in [-0.4, -0.2) is 29.9 Å². The molecule has 0 saturated carbocycles. The van der Waals surface area contributed by atoms with Gasteiger partial charge in [0.05, 0.1) is 5.02 Å². The first-order valence-electron chi connectivity index (χ1n) is 5.48. The fraction of sp³-hybridized carbons (Fsp3) is 0.545. The van der Waals surface area contributed by atoms with Gasteiger partial charge >= 0.3 is 0 Å². The summed E-state index contributed by atoms with van der Waals surface area (Å²) < 4.78 is 0. The van der Waals surface area contributed by atoms with Crippen LogP contribution in [0.1, 0.15) is 28.9 Å². The summed E-state index contributed by atoms with van der Waals surface area (Å²) in [5.74, 6) is 0.0372. The van der Waals surface area contributed by atoms with Crippen molar-refractivity contribution >= 4 is 41.3 Å². The van der Waals surface area contributed by atoms with Crippen LogP contribution in [0.5, 0.6) is 0 Å². The van der Waals surface area contributed by atoms with Crippen molar-refractivity contribution in [3.8, 4) is 0 Å². The molecular formula is C11H16Cl2N2OS. The lowest BCUT2D eigenvalue weighted by molar-refractivity contribution is 0.0628. The minimum atomic E-state index is 0. The minimum absolute atomic E-state index is 0. The largest absolute Gasteiger partial charge is 0.334 e. The van der Waals surface area contributed by atoms with E-state index in [-0.39, 0.29) is 24.4 Å². The molecule has 1 aliphatic rings. The highest BCUT2D eigenvalue weighted by Gasteiger charge is 2.28. The number of halogens is 2. The van der Waals surface area contributed by atoms with Crippen LogP contribution >= 0.6 is 35.3 Å². The number of piperidine rings is 1. The van der Waals surface area contributed by atoms with E-state index in [9.17, 15) is 4.79 Å². The monoisotopic (exact) mass is 294 g/mol. The Morgan fingerprint density at radius 1 is 1.59 bits per heavy atom. The molecule has 2 heterocycles. The maximum atomic E-state index is 12.2. The van der Waals surface area contributed by atoms with E-state index >= 15 is 0 Å². The van der Waals surface area contributed by atoms with Gasteiger partial charge in [-0.25, -0.2) is 0 Å². The standard InChI is InChI=1S/C11H15ClN2OS.ClH/c12-9-4-6-16-10(9)11(15)14-5-2-1-3-8(14)7-13;/h4,6,8H,1-3,5,7,13H2;1H. The molecule has 1 aromatic heterocycles. The topological polar surface area (TPSA) is 46.3 Å².